The standard InChI is InChI=1S/C14H15ClN2/c15-9-11-5-7-12(8-6-11)17-10-16-13-3-1-2-4-14(13)17/h5-8,10H,1-4,9H2. The van der Waals surface area contributed by atoms with Gasteiger partial charge in [-0.05, 0) is 43.4 Å². The van der Waals surface area contributed by atoms with E-state index < -0.39 is 0 Å². The highest BCUT2D eigenvalue weighted by molar-refractivity contribution is 6.17. The van der Waals surface area contributed by atoms with Crippen molar-refractivity contribution in [2.45, 2.75) is 31.6 Å². The number of aromatic nitrogens is 2. The molecule has 1 aromatic heterocycles. The molecule has 0 fully saturated rings. The number of hydrogen-bond donors (Lipinski definition) is 0. The molecule has 1 aromatic carbocycles. The second-order valence-electron chi connectivity index (χ2n) is 4.52. The molecule has 0 unspecified atom stereocenters. The monoisotopic (exact) mass is 246 g/mol. The lowest BCUT2D eigenvalue weighted by Crippen LogP contribution is -2.06. The lowest BCUT2D eigenvalue weighted by atomic mass is 10.0. The average Bonchev–Trinajstić information content (AvgIpc) is 2.83. The van der Waals surface area contributed by atoms with E-state index in [1.165, 1.54) is 29.9 Å². The number of nitrogens with zero attached hydrogens (tertiary/aromatic N) is 2. The molecule has 17 heavy (non-hydrogen) atoms. The zero-order valence-corrected chi connectivity index (χ0v) is 10.5. The van der Waals surface area contributed by atoms with Crippen molar-refractivity contribution in [3.63, 3.8) is 0 Å². The van der Waals surface area contributed by atoms with Crippen LogP contribution in [0.4, 0.5) is 0 Å². The van der Waals surface area contributed by atoms with Crippen LogP contribution in [0, 0.1) is 0 Å². The Kier molecular flexibility index (Phi) is 2.89. The van der Waals surface area contributed by atoms with Crippen molar-refractivity contribution < 1.29 is 0 Å². The Morgan fingerprint density at radius 1 is 1.12 bits per heavy atom. The van der Waals surface area contributed by atoms with Crippen molar-refractivity contribution in [1.29, 1.82) is 0 Å². The quantitative estimate of drug-likeness (QED) is 0.742. The van der Waals surface area contributed by atoms with Gasteiger partial charge in [0.2, 0.25) is 0 Å². The van der Waals surface area contributed by atoms with Crippen LogP contribution in [-0.2, 0) is 18.7 Å². The first kappa shape index (κ1) is 10.8. The van der Waals surface area contributed by atoms with Gasteiger partial charge in [0.1, 0.15) is 0 Å². The highest BCUT2D eigenvalue weighted by atomic mass is 35.5. The van der Waals surface area contributed by atoms with E-state index in [-0.39, 0.29) is 0 Å². The lowest BCUT2D eigenvalue weighted by Gasteiger charge is -2.14. The van der Waals surface area contributed by atoms with Gasteiger partial charge in [0.25, 0.3) is 0 Å². The normalized spacial score (nSPS) is 14.6. The number of fused-ring (bicyclic) bond motifs is 1. The molecule has 0 saturated carbocycles. The zero-order valence-electron chi connectivity index (χ0n) is 9.69. The number of rotatable bonds is 2. The van der Waals surface area contributed by atoms with Crippen LogP contribution >= 0.6 is 11.6 Å². The molecule has 0 radical (unpaired) electrons. The van der Waals surface area contributed by atoms with Gasteiger partial charge in [0.05, 0.1) is 12.0 Å². The summed E-state index contributed by atoms with van der Waals surface area (Å²) in [4.78, 5) is 4.51. The fourth-order valence-corrected chi connectivity index (χ4v) is 2.62. The van der Waals surface area contributed by atoms with Crippen LogP contribution in [-0.4, -0.2) is 9.55 Å². The van der Waals surface area contributed by atoms with E-state index in [0.717, 1.165) is 18.4 Å². The first-order valence-electron chi connectivity index (χ1n) is 6.09. The molecular formula is C14H15ClN2. The van der Waals surface area contributed by atoms with Crippen LogP contribution in [0.5, 0.6) is 0 Å². The number of alkyl halides is 1. The maximum Gasteiger partial charge on any atom is 0.0997 e. The van der Waals surface area contributed by atoms with E-state index >= 15 is 0 Å². The fourth-order valence-electron chi connectivity index (χ4n) is 2.44. The topological polar surface area (TPSA) is 17.8 Å². The molecule has 88 valence electrons. The minimum absolute atomic E-state index is 0.572. The number of hydrogen-bond acceptors (Lipinski definition) is 1. The third-order valence-corrected chi connectivity index (χ3v) is 3.71. The van der Waals surface area contributed by atoms with Crippen molar-refractivity contribution in [2.24, 2.45) is 0 Å². The van der Waals surface area contributed by atoms with Gasteiger partial charge in [-0.25, -0.2) is 4.98 Å². The smallest absolute Gasteiger partial charge is 0.0997 e. The molecule has 3 rings (SSSR count). The molecule has 0 saturated heterocycles. The van der Waals surface area contributed by atoms with Crippen molar-refractivity contribution in [2.75, 3.05) is 0 Å². The Hall–Kier alpha value is -1.28. The third-order valence-electron chi connectivity index (χ3n) is 3.40. The van der Waals surface area contributed by atoms with E-state index in [9.17, 15) is 0 Å². The number of halogens is 1. The summed E-state index contributed by atoms with van der Waals surface area (Å²) >= 11 is 5.80. The second kappa shape index (κ2) is 4.53. The van der Waals surface area contributed by atoms with E-state index in [1.807, 2.05) is 6.33 Å². The predicted molar refractivity (Wildman–Crippen MR) is 69.8 cm³/mol. The maximum atomic E-state index is 5.80. The average molecular weight is 247 g/mol. The summed E-state index contributed by atoms with van der Waals surface area (Å²) in [5.74, 6) is 0.572. The number of benzene rings is 1. The summed E-state index contributed by atoms with van der Waals surface area (Å²) in [5, 5.41) is 0. The molecule has 1 aliphatic carbocycles. The summed E-state index contributed by atoms with van der Waals surface area (Å²) < 4.78 is 2.21. The van der Waals surface area contributed by atoms with Gasteiger partial charge in [0, 0.05) is 17.3 Å². The molecule has 0 amide bonds. The van der Waals surface area contributed by atoms with Crippen molar-refractivity contribution in [3.05, 3.63) is 47.5 Å². The SMILES string of the molecule is ClCc1ccc(-n2cnc3c2CCCC3)cc1. The molecule has 0 aliphatic heterocycles. The van der Waals surface area contributed by atoms with Gasteiger partial charge >= 0.3 is 0 Å². The van der Waals surface area contributed by atoms with Crippen molar-refractivity contribution >= 4 is 11.6 Å². The van der Waals surface area contributed by atoms with Crippen molar-refractivity contribution in [3.8, 4) is 5.69 Å². The van der Waals surface area contributed by atoms with Crippen LogP contribution in [0.2, 0.25) is 0 Å². The Bertz CT molecular complexity index is 514. The highest BCUT2D eigenvalue weighted by Crippen LogP contribution is 2.23. The minimum Gasteiger partial charge on any atom is -0.303 e. The van der Waals surface area contributed by atoms with Crippen LogP contribution < -0.4 is 0 Å². The molecule has 0 bridgehead atoms. The molecular weight excluding hydrogens is 232 g/mol. The number of aryl methyl sites for hydroxylation is 1. The molecule has 0 atom stereocenters. The Morgan fingerprint density at radius 2 is 1.88 bits per heavy atom. The van der Waals surface area contributed by atoms with E-state index in [2.05, 4.69) is 33.8 Å². The summed E-state index contributed by atoms with van der Waals surface area (Å²) in [6, 6.07) is 8.40. The first-order valence-corrected chi connectivity index (χ1v) is 6.62. The summed E-state index contributed by atoms with van der Waals surface area (Å²) in [6.45, 7) is 0. The summed E-state index contributed by atoms with van der Waals surface area (Å²) in [6.07, 6.45) is 6.77. The molecule has 3 heteroatoms. The van der Waals surface area contributed by atoms with Crippen LogP contribution in [0.25, 0.3) is 5.69 Å². The number of imidazole rings is 1. The molecule has 2 aromatic rings. The van der Waals surface area contributed by atoms with Crippen LogP contribution in [0.3, 0.4) is 0 Å². The molecule has 0 N–H and O–H groups in total. The third kappa shape index (κ3) is 1.98. The van der Waals surface area contributed by atoms with Gasteiger partial charge in [-0.2, -0.15) is 0 Å². The van der Waals surface area contributed by atoms with Gasteiger partial charge in [-0.3, -0.25) is 0 Å². The van der Waals surface area contributed by atoms with Gasteiger partial charge in [-0.15, -0.1) is 11.6 Å². The van der Waals surface area contributed by atoms with Gasteiger partial charge in [-0.1, -0.05) is 12.1 Å². The molecule has 0 spiro atoms. The molecule has 1 heterocycles. The van der Waals surface area contributed by atoms with E-state index in [0.29, 0.717) is 5.88 Å². The molecule has 1 aliphatic rings. The molecule has 2 nitrogen and oxygen atoms in total. The van der Waals surface area contributed by atoms with Crippen molar-refractivity contribution in [1.82, 2.24) is 9.55 Å². The Labute approximate surface area is 106 Å². The highest BCUT2D eigenvalue weighted by Gasteiger charge is 2.15. The summed E-state index contributed by atoms with van der Waals surface area (Å²) in [5.41, 5.74) is 5.01. The van der Waals surface area contributed by atoms with Gasteiger partial charge < -0.3 is 4.57 Å². The zero-order chi connectivity index (χ0) is 11.7. The van der Waals surface area contributed by atoms with Crippen LogP contribution in [0.1, 0.15) is 29.8 Å². The Morgan fingerprint density at radius 3 is 2.65 bits per heavy atom. The predicted octanol–water partition coefficient (Wildman–Crippen LogP) is 3.49. The minimum atomic E-state index is 0.572. The fraction of sp³-hybridized carbons (Fsp3) is 0.357. The van der Waals surface area contributed by atoms with Gasteiger partial charge in [0.15, 0.2) is 0 Å². The first-order chi connectivity index (χ1) is 8.38. The van der Waals surface area contributed by atoms with E-state index in [4.69, 9.17) is 11.6 Å². The summed E-state index contributed by atoms with van der Waals surface area (Å²) in [7, 11) is 0. The maximum absolute atomic E-state index is 5.80. The second-order valence-corrected chi connectivity index (χ2v) is 4.78. The Balaban J connectivity index is 2.00. The lowest BCUT2D eigenvalue weighted by molar-refractivity contribution is 0.656. The van der Waals surface area contributed by atoms with Crippen LogP contribution in [0.15, 0.2) is 30.6 Å². The largest absolute Gasteiger partial charge is 0.303 e. The van der Waals surface area contributed by atoms with E-state index in [1.54, 1.807) is 0 Å².